The van der Waals surface area contributed by atoms with Crippen LogP contribution in [0, 0.1) is 0 Å². The molecule has 0 fully saturated rings. The minimum Gasteiger partial charge on any atom is -0.454 e. The molecule has 114 valence electrons. The third-order valence-electron chi connectivity index (χ3n) is 2.51. The van der Waals surface area contributed by atoms with Crippen LogP contribution in [-0.4, -0.2) is 71.6 Å². The van der Waals surface area contributed by atoms with Crippen molar-refractivity contribution in [3.8, 4) is 0 Å². The topological polar surface area (TPSA) is 76.8 Å². The molecule has 8 heteroatoms. The van der Waals surface area contributed by atoms with Crippen LogP contribution in [0.4, 0.5) is 0 Å². The van der Waals surface area contributed by atoms with Gasteiger partial charge in [-0.05, 0) is 12.1 Å². The molecule has 1 rings (SSSR count). The molecule has 0 saturated heterocycles. The first kappa shape index (κ1) is 16.7. The third kappa shape index (κ3) is 4.32. The molecule has 0 amide bonds. The lowest BCUT2D eigenvalue weighted by atomic mass is 10.4. The van der Waals surface area contributed by atoms with Crippen LogP contribution in [0.25, 0.3) is 0 Å². The lowest BCUT2D eigenvalue weighted by Crippen LogP contribution is -2.38. The number of hydrogen-bond acceptors (Lipinski definition) is 5. The SMILES string of the molecule is CN(C)S(=O)(=O)c1ccc(C(=O)OCC[N+](C)(C)C)o1. The van der Waals surface area contributed by atoms with E-state index in [4.69, 9.17) is 9.15 Å². The maximum absolute atomic E-state index is 11.8. The van der Waals surface area contributed by atoms with Crippen LogP contribution in [0.1, 0.15) is 10.6 Å². The fourth-order valence-electron chi connectivity index (χ4n) is 1.23. The number of furan rings is 1. The van der Waals surface area contributed by atoms with Crippen molar-refractivity contribution in [2.75, 3.05) is 48.4 Å². The van der Waals surface area contributed by atoms with E-state index >= 15 is 0 Å². The molecule has 0 spiro atoms. The molecular weight excluding hydrogens is 284 g/mol. The van der Waals surface area contributed by atoms with Crippen molar-refractivity contribution in [1.82, 2.24) is 4.31 Å². The lowest BCUT2D eigenvalue weighted by Gasteiger charge is -2.23. The van der Waals surface area contributed by atoms with E-state index in [9.17, 15) is 13.2 Å². The number of hydrogen-bond donors (Lipinski definition) is 0. The number of carbonyl (C=O) groups excluding carboxylic acids is 1. The molecule has 20 heavy (non-hydrogen) atoms. The van der Waals surface area contributed by atoms with E-state index in [-0.39, 0.29) is 17.5 Å². The molecule has 0 radical (unpaired) electrons. The molecule has 0 aliphatic carbocycles. The highest BCUT2D eigenvalue weighted by Gasteiger charge is 2.24. The van der Waals surface area contributed by atoms with Gasteiger partial charge in [0.2, 0.25) is 10.9 Å². The number of nitrogens with zero attached hydrogens (tertiary/aromatic N) is 2. The highest BCUT2D eigenvalue weighted by atomic mass is 32.2. The molecule has 0 aliphatic rings. The van der Waals surface area contributed by atoms with Gasteiger partial charge >= 0.3 is 5.97 Å². The minimum absolute atomic E-state index is 0.119. The summed E-state index contributed by atoms with van der Waals surface area (Å²) in [4.78, 5) is 11.7. The summed E-state index contributed by atoms with van der Waals surface area (Å²) in [6.07, 6.45) is 0. The molecule has 1 aromatic heterocycles. The first-order valence-corrected chi connectivity index (χ1v) is 7.48. The Balaban J connectivity index is 2.71. The van der Waals surface area contributed by atoms with E-state index in [0.717, 1.165) is 4.31 Å². The van der Waals surface area contributed by atoms with Gasteiger partial charge in [-0.3, -0.25) is 0 Å². The van der Waals surface area contributed by atoms with Gasteiger partial charge in [0.25, 0.3) is 10.0 Å². The van der Waals surface area contributed by atoms with Gasteiger partial charge in [-0.25, -0.2) is 17.5 Å². The summed E-state index contributed by atoms with van der Waals surface area (Å²) >= 11 is 0. The fraction of sp³-hybridized carbons (Fsp3) is 0.583. The molecular formula is C12H21N2O5S+. The van der Waals surface area contributed by atoms with Gasteiger partial charge in [0, 0.05) is 14.1 Å². The van der Waals surface area contributed by atoms with Gasteiger partial charge in [0.15, 0.2) is 0 Å². The molecule has 1 heterocycles. The summed E-state index contributed by atoms with van der Waals surface area (Å²) in [6, 6.07) is 2.54. The summed E-state index contributed by atoms with van der Waals surface area (Å²) in [5.74, 6) is -0.787. The summed E-state index contributed by atoms with van der Waals surface area (Å²) < 4.78 is 35.3. The highest BCUT2D eigenvalue weighted by Crippen LogP contribution is 2.17. The molecule has 0 N–H and O–H groups in total. The molecule has 0 atom stereocenters. The molecule has 0 unspecified atom stereocenters. The Bertz CT molecular complexity index is 569. The first-order valence-electron chi connectivity index (χ1n) is 6.04. The van der Waals surface area contributed by atoms with Crippen molar-refractivity contribution >= 4 is 16.0 Å². The molecule has 0 aliphatic heterocycles. The maximum Gasteiger partial charge on any atom is 0.374 e. The Labute approximate surface area is 119 Å². The van der Waals surface area contributed by atoms with Crippen molar-refractivity contribution < 1.29 is 26.8 Å². The molecule has 7 nitrogen and oxygen atoms in total. The van der Waals surface area contributed by atoms with E-state index in [1.807, 2.05) is 21.1 Å². The van der Waals surface area contributed by atoms with E-state index in [1.54, 1.807) is 0 Å². The fourth-order valence-corrected chi connectivity index (χ4v) is 2.03. The molecule has 1 aromatic rings. The van der Waals surface area contributed by atoms with Gasteiger partial charge in [-0.1, -0.05) is 0 Å². The Morgan fingerprint density at radius 3 is 2.40 bits per heavy atom. The van der Waals surface area contributed by atoms with Crippen LogP contribution in [-0.2, 0) is 14.8 Å². The second-order valence-corrected chi connectivity index (χ2v) is 7.64. The third-order valence-corrected chi connectivity index (χ3v) is 4.20. The van der Waals surface area contributed by atoms with Crippen LogP contribution in [0.15, 0.2) is 21.6 Å². The van der Waals surface area contributed by atoms with Gasteiger partial charge in [-0.15, -0.1) is 0 Å². The summed E-state index contributed by atoms with van der Waals surface area (Å²) in [7, 11) is 5.02. The smallest absolute Gasteiger partial charge is 0.374 e. The van der Waals surface area contributed by atoms with Crippen molar-refractivity contribution in [3.05, 3.63) is 17.9 Å². The standard InChI is InChI=1S/C12H21N2O5S/c1-13(2)20(16,17)11-7-6-10(19-11)12(15)18-9-8-14(3,4)5/h6-7H,8-9H2,1-5H3/q+1. The molecule has 0 aromatic carbocycles. The number of sulfonamides is 1. The number of carbonyl (C=O) groups is 1. The average molecular weight is 305 g/mol. The zero-order chi connectivity index (χ0) is 15.6. The van der Waals surface area contributed by atoms with Crippen molar-refractivity contribution in [3.63, 3.8) is 0 Å². The van der Waals surface area contributed by atoms with Crippen LogP contribution in [0.2, 0.25) is 0 Å². The van der Waals surface area contributed by atoms with Crippen LogP contribution >= 0.6 is 0 Å². The maximum atomic E-state index is 11.8. The predicted octanol–water partition coefficient (Wildman–Crippen LogP) is 0.393. The largest absolute Gasteiger partial charge is 0.454 e. The van der Waals surface area contributed by atoms with Crippen LogP contribution in [0.3, 0.4) is 0 Å². The van der Waals surface area contributed by atoms with E-state index < -0.39 is 16.0 Å². The second kappa shape index (κ2) is 5.94. The number of rotatable bonds is 6. The van der Waals surface area contributed by atoms with Crippen LogP contribution < -0.4 is 0 Å². The quantitative estimate of drug-likeness (QED) is 0.561. The number of esters is 1. The Hall–Kier alpha value is -1.38. The number of ether oxygens (including phenoxy) is 1. The summed E-state index contributed by atoms with van der Waals surface area (Å²) in [5, 5.41) is -0.277. The van der Waals surface area contributed by atoms with Gasteiger partial charge in [0.05, 0.1) is 21.1 Å². The van der Waals surface area contributed by atoms with Gasteiger partial charge in [0.1, 0.15) is 13.2 Å². The summed E-state index contributed by atoms with van der Waals surface area (Å²) in [6.45, 7) is 0.883. The van der Waals surface area contributed by atoms with Gasteiger partial charge in [-0.2, -0.15) is 0 Å². The number of likely N-dealkylation sites (N-methyl/N-ethyl adjacent to an activating group) is 1. The Morgan fingerprint density at radius 1 is 1.30 bits per heavy atom. The molecule has 0 saturated carbocycles. The van der Waals surface area contributed by atoms with Crippen LogP contribution in [0.5, 0.6) is 0 Å². The van der Waals surface area contributed by atoms with Crippen molar-refractivity contribution in [2.45, 2.75) is 5.09 Å². The number of quaternary nitrogens is 1. The molecule has 0 bridgehead atoms. The zero-order valence-corrected chi connectivity index (χ0v) is 13.2. The minimum atomic E-state index is -3.68. The monoisotopic (exact) mass is 305 g/mol. The normalized spacial score (nSPS) is 12.7. The zero-order valence-electron chi connectivity index (χ0n) is 12.4. The Morgan fingerprint density at radius 2 is 1.90 bits per heavy atom. The average Bonchev–Trinajstić information content (AvgIpc) is 2.76. The van der Waals surface area contributed by atoms with Gasteiger partial charge < -0.3 is 13.6 Å². The lowest BCUT2D eigenvalue weighted by molar-refractivity contribution is -0.870. The van der Waals surface area contributed by atoms with E-state index in [1.165, 1.54) is 26.2 Å². The summed E-state index contributed by atoms with van der Waals surface area (Å²) in [5.41, 5.74) is 0. The predicted molar refractivity (Wildman–Crippen MR) is 72.8 cm³/mol. The first-order chi connectivity index (χ1) is 9.04. The highest BCUT2D eigenvalue weighted by molar-refractivity contribution is 7.88. The van der Waals surface area contributed by atoms with Crippen molar-refractivity contribution in [1.29, 1.82) is 0 Å². The second-order valence-electron chi connectivity index (χ2n) is 5.56. The van der Waals surface area contributed by atoms with E-state index in [0.29, 0.717) is 11.0 Å². The Kier molecular flexibility index (Phi) is 4.95. The van der Waals surface area contributed by atoms with E-state index in [2.05, 4.69) is 0 Å². The van der Waals surface area contributed by atoms with Crippen molar-refractivity contribution in [2.24, 2.45) is 0 Å².